The van der Waals surface area contributed by atoms with Crippen molar-refractivity contribution in [2.45, 2.75) is 6.92 Å². The molecule has 0 radical (unpaired) electrons. The van der Waals surface area contributed by atoms with Crippen LogP contribution in [0.3, 0.4) is 0 Å². The number of benzene rings is 1. The summed E-state index contributed by atoms with van der Waals surface area (Å²) < 4.78 is 1.97. The fourth-order valence-corrected chi connectivity index (χ4v) is 3.39. The summed E-state index contributed by atoms with van der Waals surface area (Å²) in [6.07, 6.45) is 7.33. The lowest BCUT2D eigenvalue weighted by Crippen LogP contribution is -3.00. The molecule has 0 amide bonds. The van der Waals surface area contributed by atoms with Gasteiger partial charge in [0.15, 0.2) is 18.2 Å². The predicted molar refractivity (Wildman–Crippen MR) is 98.3 cm³/mol. The Morgan fingerprint density at radius 1 is 1.24 bits per heavy atom. The zero-order valence-corrected chi connectivity index (χ0v) is 17.5. The van der Waals surface area contributed by atoms with Gasteiger partial charge in [-0.15, -0.1) is 11.3 Å². The van der Waals surface area contributed by atoms with Crippen molar-refractivity contribution < 1.29 is 33.3 Å². The van der Waals surface area contributed by atoms with Gasteiger partial charge in [-0.2, -0.15) is 0 Å². The van der Waals surface area contributed by atoms with Gasteiger partial charge in [-0.3, -0.25) is 4.79 Å². The maximum atomic E-state index is 12.5. The van der Waals surface area contributed by atoms with Crippen LogP contribution in [0.4, 0.5) is 0 Å². The second kappa shape index (κ2) is 8.69. The molecule has 25 heavy (non-hydrogen) atoms. The van der Waals surface area contributed by atoms with Crippen molar-refractivity contribution in [2.75, 3.05) is 0 Å². The molecule has 3 nitrogen and oxygen atoms in total. The van der Waals surface area contributed by atoms with Crippen LogP contribution in [0.2, 0.25) is 5.02 Å². The van der Waals surface area contributed by atoms with Gasteiger partial charge in [0.1, 0.15) is 12.1 Å². The third-order valence-corrected chi connectivity index (χ3v) is 4.98. The summed E-state index contributed by atoms with van der Waals surface area (Å²) >= 11 is 7.28. The normalized spacial score (nSPS) is 10.7. The number of carbonyl (C=O) groups excluding carboxylic acids is 1. The van der Waals surface area contributed by atoms with E-state index in [2.05, 4.69) is 4.98 Å². The molecule has 0 saturated heterocycles. The molecule has 0 N–H and O–H groups in total. The van der Waals surface area contributed by atoms with Crippen molar-refractivity contribution in [1.82, 2.24) is 4.98 Å². The summed E-state index contributed by atoms with van der Waals surface area (Å²) in [5, 5.41) is 1.53. The molecule has 0 aliphatic rings. The molecule has 2 aromatic heterocycles. The van der Waals surface area contributed by atoms with Crippen molar-refractivity contribution in [3.8, 4) is 10.6 Å². The summed E-state index contributed by atoms with van der Waals surface area (Å²) in [6.45, 7) is 1.87. The number of thiazole rings is 1. The number of aromatic nitrogens is 2. The number of ketones is 1. The van der Waals surface area contributed by atoms with E-state index in [-0.39, 0.29) is 29.8 Å². The Bertz CT molecular complexity index is 919. The van der Waals surface area contributed by atoms with E-state index in [0.717, 1.165) is 21.8 Å². The van der Waals surface area contributed by atoms with Gasteiger partial charge in [0.25, 0.3) is 0 Å². The van der Waals surface area contributed by atoms with Crippen molar-refractivity contribution in [3.05, 3.63) is 76.0 Å². The predicted octanol–water partition coefficient (Wildman–Crippen LogP) is 1.50. The lowest BCUT2D eigenvalue weighted by atomic mass is 10.2. The van der Waals surface area contributed by atoms with E-state index in [0.29, 0.717) is 9.90 Å². The fraction of sp³-hybridized carbons (Fsp3) is 0.105. The minimum Gasteiger partial charge on any atom is -1.00 e. The maximum absolute atomic E-state index is 12.5. The number of nitrogens with zero attached hydrogens (tertiary/aromatic N) is 2. The minimum atomic E-state index is -0.0356. The van der Waals surface area contributed by atoms with Crippen molar-refractivity contribution in [3.63, 3.8) is 0 Å². The zero-order valence-electron chi connectivity index (χ0n) is 13.7. The van der Waals surface area contributed by atoms with E-state index >= 15 is 0 Å². The van der Waals surface area contributed by atoms with Gasteiger partial charge in [0.05, 0.1) is 16.1 Å². The number of allylic oxidation sites excluding steroid dienone is 1. The average molecular weight is 483 g/mol. The molecule has 3 aromatic rings. The maximum Gasteiger partial charge on any atom is 0.197 e. The fourth-order valence-electron chi connectivity index (χ4n) is 2.28. The first-order valence-corrected chi connectivity index (χ1v) is 8.63. The lowest BCUT2D eigenvalue weighted by Gasteiger charge is -1.94. The minimum absolute atomic E-state index is 0. The molecule has 3 rings (SSSR count). The molecular formula is C19H16ClIN2OS. The highest BCUT2D eigenvalue weighted by atomic mass is 127. The number of hydrogen-bond acceptors (Lipinski definition) is 3. The van der Waals surface area contributed by atoms with Crippen LogP contribution in [-0.2, 0) is 7.05 Å². The Morgan fingerprint density at radius 2 is 1.96 bits per heavy atom. The van der Waals surface area contributed by atoms with E-state index in [1.165, 1.54) is 11.3 Å². The number of pyridine rings is 1. The lowest BCUT2D eigenvalue weighted by molar-refractivity contribution is -0.671. The third kappa shape index (κ3) is 4.96. The molecule has 0 bridgehead atoms. The molecule has 0 saturated carbocycles. The van der Waals surface area contributed by atoms with Gasteiger partial charge < -0.3 is 24.0 Å². The van der Waals surface area contributed by atoms with Crippen molar-refractivity contribution in [1.29, 1.82) is 0 Å². The third-order valence-electron chi connectivity index (χ3n) is 3.50. The number of rotatable bonds is 4. The highest BCUT2D eigenvalue weighted by molar-refractivity contribution is 7.17. The van der Waals surface area contributed by atoms with Gasteiger partial charge in [0.2, 0.25) is 0 Å². The van der Waals surface area contributed by atoms with E-state index < -0.39 is 0 Å². The monoisotopic (exact) mass is 482 g/mol. The van der Waals surface area contributed by atoms with E-state index in [4.69, 9.17) is 11.6 Å². The summed E-state index contributed by atoms with van der Waals surface area (Å²) in [5.41, 5.74) is 2.70. The molecule has 6 heteroatoms. The summed E-state index contributed by atoms with van der Waals surface area (Å²) in [4.78, 5) is 17.7. The second-order valence-corrected chi connectivity index (χ2v) is 6.88. The molecule has 128 valence electrons. The Hall–Kier alpha value is -1.57. The first-order valence-electron chi connectivity index (χ1n) is 7.44. The molecule has 0 aliphatic carbocycles. The van der Waals surface area contributed by atoms with Crippen molar-refractivity contribution >= 4 is 34.8 Å². The van der Waals surface area contributed by atoms with Gasteiger partial charge >= 0.3 is 0 Å². The summed E-state index contributed by atoms with van der Waals surface area (Å²) in [6, 6.07) is 11.3. The molecule has 0 unspecified atom stereocenters. The van der Waals surface area contributed by atoms with Gasteiger partial charge in [-0.25, -0.2) is 9.55 Å². The van der Waals surface area contributed by atoms with E-state index in [1.807, 2.05) is 55.2 Å². The van der Waals surface area contributed by atoms with Gasteiger partial charge in [0, 0.05) is 11.1 Å². The number of hydrogen-bond donors (Lipinski definition) is 0. The second-order valence-electron chi connectivity index (χ2n) is 5.44. The van der Waals surface area contributed by atoms with Crippen LogP contribution in [0.15, 0.2) is 54.9 Å². The van der Waals surface area contributed by atoms with Crippen LogP contribution < -0.4 is 28.5 Å². The zero-order chi connectivity index (χ0) is 17.1. The van der Waals surface area contributed by atoms with Gasteiger partial charge in [-0.05, 0) is 36.8 Å². The smallest absolute Gasteiger partial charge is 0.197 e. The summed E-state index contributed by atoms with van der Waals surface area (Å²) in [7, 11) is 1.96. The summed E-state index contributed by atoms with van der Waals surface area (Å²) in [5.74, 6) is -0.0356. The van der Waals surface area contributed by atoms with Crippen molar-refractivity contribution in [2.24, 2.45) is 7.05 Å². The molecule has 0 fully saturated rings. The van der Waals surface area contributed by atoms with Crippen LogP contribution in [0.5, 0.6) is 0 Å². The van der Waals surface area contributed by atoms with Crippen LogP contribution >= 0.6 is 22.9 Å². The van der Waals surface area contributed by atoms with Crippen LogP contribution in [0, 0.1) is 6.92 Å². The molecule has 0 spiro atoms. The first kappa shape index (κ1) is 19.8. The Morgan fingerprint density at radius 3 is 2.64 bits per heavy atom. The largest absolute Gasteiger partial charge is 1.00 e. The van der Waals surface area contributed by atoms with Crippen LogP contribution in [-0.4, -0.2) is 10.8 Å². The standard InChI is InChI=1S/C19H16ClN2OS.HI/c1-13-18(17(23)10-7-14-5-8-16(20)9-6-14)24-19(21-13)15-4-3-11-22(2)12-15;/h3-12H,1-2H3;1H/q+1;/p-1. The SMILES string of the molecule is Cc1nc(-c2ccc[n+](C)c2)sc1C(=O)C=Cc1ccc(Cl)cc1.[I-]. The number of halogens is 2. The van der Waals surface area contributed by atoms with Crippen LogP contribution in [0.1, 0.15) is 20.9 Å². The van der Waals surface area contributed by atoms with Crippen LogP contribution in [0.25, 0.3) is 16.6 Å². The number of carbonyl (C=O) groups is 1. The van der Waals surface area contributed by atoms with E-state index in [1.54, 1.807) is 24.3 Å². The molecule has 1 aromatic carbocycles. The average Bonchev–Trinajstić information content (AvgIpc) is 2.96. The molecular weight excluding hydrogens is 467 g/mol. The Balaban J connectivity index is 0.00000225. The highest BCUT2D eigenvalue weighted by Gasteiger charge is 2.15. The molecule has 0 atom stereocenters. The van der Waals surface area contributed by atoms with Gasteiger partial charge in [-0.1, -0.05) is 29.8 Å². The Labute approximate surface area is 173 Å². The topological polar surface area (TPSA) is 33.8 Å². The Kier molecular flexibility index (Phi) is 6.87. The quantitative estimate of drug-likeness (QED) is 0.244. The number of aryl methyl sites for hydroxylation is 2. The van der Waals surface area contributed by atoms with E-state index in [9.17, 15) is 4.79 Å². The first-order chi connectivity index (χ1) is 11.5. The highest BCUT2D eigenvalue weighted by Crippen LogP contribution is 2.27. The molecule has 0 aliphatic heterocycles. The molecule has 2 heterocycles.